The van der Waals surface area contributed by atoms with Crippen LogP contribution in [0, 0.1) is 6.92 Å². The van der Waals surface area contributed by atoms with Crippen LogP contribution in [-0.4, -0.2) is 52.2 Å². The molecular weight excluding hydrogens is 344 g/mol. The average Bonchev–Trinajstić information content (AvgIpc) is 3.18. The SMILES string of the molecule is COc1ccc2c(c1)C(=O)NC1(CC2)CCN(C(=O)c2cn(C)nc2C)C1. The van der Waals surface area contributed by atoms with Crippen molar-refractivity contribution in [2.45, 2.75) is 31.7 Å². The van der Waals surface area contributed by atoms with Gasteiger partial charge in [0.2, 0.25) is 0 Å². The van der Waals surface area contributed by atoms with Crippen molar-refractivity contribution >= 4 is 11.8 Å². The summed E-state index contributed by atoms with van der Waals surface area (Å²) in [5, 5.41) is 7.47. The van der Waals surface area contributed by atoms with Crippen molar-refractivity contribution in [3.05, 3.63) is 46.8 Å². The number of nitrogens with one attached hydrogen (secondary N) is 1. The predicted octanol–water partition coefficient (Wildman–Crippen LogP) is 1.70. The molecule has 1 aromatic carbocycles. The lowest BCUT2D eigenvalue weighted by Crippen LogP contribution is -2.50. The molecule has 0 saturated carbocycles. The number of rotatable bonds is 2. The first kappa shape index (κ1) is 17.6. The van der Waals surface area contributed by atoms with E-state index in [9.17, 15) is 9.59 Å². The first-order chi connectivity index (χ1) is 12.9. The van der Waals surface area contributed by atoms with Gasteiger partial charge in [-0.1, -0.05) is 6.07 Å². The number of fused-ring (bicyclic) bond motifs is 1. The normalized spacial score (nSPS) is 21.7. The van der Waals surface area contributed by atoms with Gasteiger partial charge < -0.3 is 15.0 Å². The molecule has 1 spiro atoms. The zero-order valence-corrected chi connectivity index (χ0v) is 15.9. The highest BCUT2D eigenvalue weighted by Gasteiger charge is 2.43. The smallest absolute Gasteiger partial charge is 0.257 e. The lowest BCUT2D eigenvalue weighted by molar-refractivity contribution is 0.0763. The molecule has 2 aromatic rings. The van der Waals surface area contributed by atoms with Crippen LogP contribution in [0.15, 0.2) is 24.4 Å². The second-order valence-electron chi connectivity index (χ2n) is 7.54. The molecule has 1 unspecified atom stereocenters. The standard InChI is InChI=1S/C20H24N4O3/c1-13-17(11-23(2)22-13)19(26)24-9-8-20(12-24)7-6-14-4-5-15(27-3)10-16(14)18(25)21-20/h4-5,10-11H,6-9,12H2,1-3H3,(H,21,25). The van der Waals surface area contributed by atoms with E-state index in [-0.39, 0.29) is 17.4 Å². The number of nitrogens with zero attached hydrogens (tertiary/aromatic N) is 3. The molecular formula is C20H24N4O3. The zero-order chi connectivity index (χ0) is 19.2. The van der Waals surface area contributed by atoms with Crippen LogP contribution in [0.25, 0.3) is 0 Å². The molecule has 2 aliphatic heterocycles. The predicted molar refractivity (Wildman–Crippen MR) is 100.0 cm³/mol. The number of hydrogen-bond donors (Lipinski definition) is 1. The molecule has 4 rings (SSSR count). The number of aryl methyl sites for hydroxylation is 3. The van der Waals surface area contributed by atoms with Gasteiger partial charge in [-0.15, -0.1) is 0 Å². The number of carbonyl (C=O) groups is 2. The molecule has 1 fully saturated rings. The van der Waals surface area contributed by atoms with Crippen LogP contribution in [0.1, 0.15) is 44.8 Å². The largest absolute Gasteiger partial charge is 0.497 e. The summed E-state index contributed by atoms with van der Waals surface area (Å²) in [7, 11) is 3.41. The van der Waals surface area contributed by atoms with Crippen LogP contribution in [0.4, 0.5) is 0 Å². The number of aromatic nitrogens is 2. The second kappa shape index (κ2) is 6.40. The van der Waals surface area contributed by atoms with Gasteiger partial charge in [0.1, 0.15) is 5.75 Å². The summed E-state index contributed by atoms with van der Waals surface area (Å²) in [4.78, 5) is 27.6. The third-order valence-corrected chi connectivity index (χ3v) is 5.70. The summed E-state index contributed by atoms with van der Waals surface area (Å²) < 4.78 is 6.91. The lowest BCUT2D eigenvalue weighted by Gasteiger charge is -2.29. The van der Waals surface area contributed by atoms with Gasteiger partial charge in [0.25, 0.3) is 11.8 Å². The van der Waals surface area contributed by atoms with Gasteiger partial charge in [-0.3, -0.25) is 14.3 Å². The number of benzene rings is 1. The van der Waals surface area contributed by atoms with E-state index in [1.807, 2.05) is 31.0 Å². The second-order valence-corrected chi connectivity index (χ2v) is 7.54. The van der Waals surface area contributed by atoms with E-state index in [1.165, 1.54) is 0 Å². The highest BCUT2D eigenvalue weighted by Crippen LogP contribution is 2.32. The summed E-state index contributed by atoms with van der Waals surface area (Å²) >= 11 is 0. The van der Waals surface area contributed by atoms with Crippen molar-refractivity contribution in [2.75, 3.05) is 20.2 Å². The summed E-state index contributed by atoms with van der Waals surface area (Å²) in [6, 6.07) is 5.64. The van der Waals surface area contributed by atoms with Gasteiger partial charge >= 0.3 is 0 Å². The Kier molecular flexibility index (Phi) is 4.17. The first-order valence-corrected chi connectivity index (χ1v) is 9.20. The maximum Gasteiger partial charge on any atom is 0.257 e. The van der Waals surface area contributed by atoms with Gasteiger partial charge in [-0.25, -0.2) is 0 Å². The third kappa shape index (κ3) is 3.07. The molecule has 1 saturated heterocycles. The van der Waals surface area contributed by atoms with Gasteiger partial charge in [0.15, 0.2) is 0 Å². The fourth-order valence-corrected chi connectivity index (χ4v) is 4.19. The Hall–Kier alpha value is -2.83. The van der Waals surface area contributed by atoms with Gasteiger partial charge in [-0.05, 0) is 43.9 Å². The number of ether oxygens (including phenoxy) is 1. The Labute approximate surface area is 158 Å². The summed E-state index contributed by atoms with van der Waals surface area (Å²) in [5.74, 6) is 0.568. The molecule has 27 heavy (non-hydrogen) atoms. The first-order valence-electron chi connectivity index (χ1n) is 9.20. The number of hydrogen-bond acceptors (Lipinski definition) is 4. The Morgan fingerprint density at radius 3 is 2.85 bits per heavy atom. The Bertz CT molecular complexity index is 920. The topological polar surface area (TPSA) is 76.5 Å². The number of methoxy groups -OCH3 is 1. The minimum Gasteiger partial charge on any atom is -0.497 e. The highest BCUT2D eigenvalue weighted by atomic mass is 16.5. The van der Waals surface area contributed by atoms with E-state index < -0.39 is 0 Å². The molecule has 1 N–H and O–H groups in total. The fraction of sp³-hybridized carbons (Fsp3) is 0.450. The minimum absolute atomic E-state index is 0.0184. The van der Waals surface area contributed by atoms with Crippen LogP contribution in [0.5, 0.6) is 5.75 Å². The lowest BCUT2D eigenvalue weighted by atomic mass is 9.91. The maximum absolute atomic E-state index is 12.9. The van der Waals surface area contributed by atoms with Crippen LogP contribution in [0.3, 0.4) is 0 Å². The van der Waals surface area contributed by atoms with Crippen LogP contribution in [0.2, 0.25) is 0 Å². The monoisotopic (exact) mass is 368 g/mol. The Morgan fingerprint density at radius 1 is 1.33 bits per heavy atom. The van der Waals surface area contributed by atoms with Crippen molar-refractivity contribution in [1.82, 2.24) is 20.0 Å². The quantitative estimate of drug-likeness (QED) is 0.875. The number of carbonyl (C=O) groups excluding carboxylic acids is 2. The van der Waals surface area contributed by atoms with E-state index in [0.29, 0.717) is 30.0 Å². The highest BCUT2D eigenvalue weighted by molar-refractivity contribution is 5.98. The molecule has 142 valence electrons. The molecule has 1 aromatic heterocycles. The fourth-order valence-electron chi connectivity index (χ4n) is 4.19. The third-order valence-electron chi connectivity index (χ3n) is 5.70. The molecule has 0 radical (unpaired) electrons. The van der Waals surface area contributed by atoms with Crippen molar-refractivity contribution in [3.63, 3.8) is 0 Å². The van der Waals surface area contributed by atoms with Crippen LogP contribution in [-0.2, 0) is 13.5 Å². The van der Waals surface area contributed by atoms with Gasteiger partial charge in [-0.2, -0.15) is 5.10 Å². The van der Waals surface area contributed by atoms with E-state index in [4.69, 9.17) is 4.74 Å². The van der Waals surface area contributed by atoms with Gasteiger partial charge in [0, 0.05) is 31.9 Å². The number of amides is 2. The van der Waals surface area contributed by atoms with E-state index in [0.717, 1.165) is 30.5 Å². The summed E-state index contributed by atoms with van der Waals surface area (Å²) in [6.45, 7) is 3.00. The van der Waals surface area contributed by atoms with E-state index >= 15 is 0 Å². The van der Waals surface area contributed by atoms with Crippen LogP contribution < -0.4 is 10.1 Å². The van der Waals surface area contributed by atoms with Crippen molar-refractivity contribution in [2.24, 2.45) is 7.05 Å². The molecule has 2 aliphatic rings. The minimum atomic E-state index is -0.380. The summed E-state index contributed by atoms with van der Waals surface area (Å²) in [6.07, 6.45) is 4.13. The number of likely N-dealkylation sites (tertiary alicyclic amines) is 1. The molecule has 3 heterocycles. The molecule has 7 nitrogen and oxygen atoms in total. The molecule has 1 atom stereocenters. The summed E-state index contributed by atoms with van der Waals surface area (Å²) in [5.41, 5.74) is 2.67. The maximum atomic E-state index is 12.9. The van der Waals surface area contributed by atoms with E-state index in [2.05, 4.69) is 10.4 Å². The van der Waals surface area contributed by atoms with Crippen molar-refractivity contribution in [3.8, 4) is 5.75 Å². The molecule has 7 heteroatoms. The Balaban J connectivity index is 1.55. The Morgan fingerprint density at radius 2 is 2.15 bits per heavy atom. The van der Waals surface area contributed by atoms with E-state index in [1.54, 1.807) is 24.1 Å². The molecule has 2 amide bonds. The molecule has 0 bridgehead atoms. The molecule has 0 aliphatic carbocycles. The zero-order valence-electron chi connectivity index (χ0n) is 15.9. The average molecular weight is 368 g/mol. The van der Waals surface area contributed by atoms with Crippen molar-refractivity contribution < 1.29 is 14.3 Å². The van der Waals surface area contributed by atoms with Crippen LogP contribution >= 0.6 is 0 Å². The van der Waals surface area contributed by atoms with Gasteiger partial charge in [0.05, 0.1) is 23.9 Å². The van der Waals surface area contributed by atoms with Crippen molar-refractivity contribution in [1.29, 1.82) is 0 Å².